The molecule has 2 N–H and O–H groups in total. The summed E-state index contributed by atoms with van der Waals surface area (Å²) in [5.41, 5.74) is 1.53. The molecule has 0 aromatic carbocycles. The molecule has 9 nitrogen and oxygen atoms in total. The molecule has 0 aliphatic carbocycles. The van der Waals surface area contributed by atoms with Gasteiger partial charge in [-0.25, -0.2) is 9.78 Å². The fraction of sp³-hybridized carbons (Fsp3) is 0.389. The zero-order valence-corrected chi connectivity index (χ0v) is 16.4. The van der Waals surface area contributed by atoms with Crippen molar-refractivity contribution in [3.05, 3.63) is 41.2 Å². The third kappa shape index (κ3) is 5.49. The zero-order chi connectivity index (χ0) is 19.9. The van der Waals surface area contributed by atoms with Crippen molar-refractivity contribution in [3.63, 3.8) is 0 Å². The van der Waals surface area contributed by atoms with Gasteiger partial charge in [0.1, 0.15) is 0 Å². The first-order valence-electron chi connectivity index (χ1n) is 8.92. The number of carbonyl (C=O) groups excluding carboxylic acids is 3. The number of aromatic nitrogens is 2. The van der Waals surface area contributed by atoms with Crippen LogP contribution in [0.1, 0.15) is 18.2 Å². The fourth-order valence-electron chi connectivity index (χ4n) is 2.77. The Bertz CT molecular complexity index is 833. The summed E-state index contributed by atoms with van der Waals surface area (Å²) in [6.07, 6.45) is 3.52. The first-order valence-corrected chi connectivity index (χ1v) is 9.80. The minimum Gasteiger partial charge on any atom is -0.352 e. The van der Waals surface area contributed by atoms with Crippen LogP contribution in [0.15, 0.2) is 29.9 Å². The highest BCUT2D eigenvalue weighted by Gasteiger charge is 2.23. The first kappa shape index (κ1) is 19.7. The molecule has 10 heteroatoms. The average Bonchev–Trinajstić information content (AvgIpc) is 3.14. The minimum absolute atomic E-state index is 0.0198. The van der Waals surface area contributed by atoms with Crippen LogP contribution in [0.3, 0.4) is 0 Å². The summed E-state index contributed by atoms with van der Waals surface area (Å²) in [5.74, 6) is -0.126. The monoisotopic (exact) mass is 402 g/mol. The van der Waals surface area contributed by atoms with Crippen molar-refractivity contribution < 1.29 is 14.4 Å². The van der Waals surface area contributed by atoms with Crippen LogP contribution in [0.4, 0.5) is 9.93 Å². The number of nitrogens with zero attached hydrogens (tertiary/aromatic N) is 4. The second-order valence-corrected chi connectivity index (χ2v) is 7.24. The minimum atomic E-state index is -0.245. The van der Waals surface area contributed by atoms with Gasteiger partial charge in [-0.15, -0.1) is 11.3 Å². The summed E-state index contributed by atoms with van der Waals surface area (Å²) >= 11 is 1.28. The number of nitrogens with one attached hydrogen (secondary N) is 2. The topological polar surface area (TPSA) is 108 Å². The summed E-state index contributed by atoms with van der Waals surface area (Å²) in [4.78, 5) is 47.4. The van der Waals surface area contributed by atoms with Crippen molar-refractivity contribution in [1.82, 2.24) is 25.1 Å². The van der Waals surface area contributed by atoms with E-state index in [9.17, 15) is 14.4 Å². The maximum atomic E-state index is 12.3. The Morgan fingerprint density at radius 1 is 1.18 bits per heavy atom. The van der Waals surface area contributed by atoms with Gasteiger partial charge in [0.05, 0.1) is 12.1 Å². The first-order chi connectivity index (χ1) is 13.5. The Balaban J connectivity index is 1.44. The van der Waals surface area contributed by atoms with E-state index in [4.69, 9.17) is 0 Å². The number of urea groups is 1. The Morgan fingerprint density at radius 3 is 2.61 bits per heavy atom. The van der Waals surface area contributed by atoms with Gasteiger partial charge in [0.15, 0.2) is 5.13 Å². The van der Waals surface area contributed by atoms with Crippen LogP contribution in [-0.4, -0.2) is 63.8 Å². The molecule has 0 radical (unpaired) electrons. The summed E-state index contributed by atoms with van der Waals surface area (Å²) in [5, 5.41) is 7.79. The molecule has 1 fully saturated rings. The standard InChI is InChI=1S/C18H22N6O3S/c1-13(25)23-5-7-24(8-6-23)18(27)22-17-21-15(12-28-17)9-16(26)20-11-14-3-2-4-19-10-14/h2-4,10,12H,5-9,11H2,1H3,(H,20,26)(H,21,22,27). The Labute approximate surface area is 166 Å². The molecule has 4 amide bonds. The van der Waals surface area contributed by atoms with Crippen LogP contribution in [0.25, 0.3) is 0 Å². The van der Waals surface area contributed by atoms with Crippen LogP contribution < -0.4 is 10.6 Å². The van der Waals surface area contributed by atoms with E-state index in [-0.39, 0.29) is 24.3 Å². The van der Waals surface area contributed by atoms with Crippen molar-refractivity contribution in [1.29, 1.82) is 0 Å². The molecule has 3 rings (SSSR count). The van der Waals surface area contributed by atoms with Gasteiger partial charge < -0.3 is 15.1 Å². The normalized spacial score (nSPS) is 13.9. The van der Waals surface area contributed by atoms with E-state index in [1.54, 1.807) is 27.6 Å². The predicted molar refractivity (Wildman–Crippen MR) is 105 cm³/mol. The number of hydrogen-bond donors (Lipinski definition) is 2. The van der Waals surface area contributed by atoms with Gasteiger partial charge in [-0.1, -0.05) is 6.07 Å². The summed E-state index contributed by atoms with van der Waals surface area (Å²) < 4.78 is 0. The molecular weight excluding hydrogens is 380 g/mol. The number of amides is 4. The van der Waals surface area contributed by atoms with Crippen molar-refractivity contribution in [2.75, 3.05) is 31.5 Å². The van der Waals surface area contributed by atoms with Crippen molar-refractivity contribution >= 4 is 34.3 Å². The smallest absolute Gasteiger partial charge is 0.323 e. The molecule has 0 spiro atoms. The lowest BCUT2D eigenvalue weighted by atomic mass is 10.2. The lowest BCUT2D eigenvalue weighted by Gasteiger charge is -2.33. The van der Waals surface area contributed by atoms with Gasteiger partial charge in [0.2, 0.25) is 11.8 Å². The number of anilines is 1. The molecule has 148 valence electrons. The number of piperazine rings is 1. The molecule has 1 saturated heterocycles. The second kappa shape index (κ2) is 9.27. The van der Waals surface area contributed by atoms with Crippen LogP contribution in [0.2, 0.25) is 0 Å². The number of thiazole rings is 1. The summed E-state index contributed by atoms with van der Waals surface area (Å²) in [6.45, 7) is 3.97. The van der Waals surface area contributed by atoms with Crippen molar-refractivity contribution in [3.8, 4) is 0 Å². The van der Waals surface area contributed by atoms with Crippen LogP contribution in [-0.2, 0) is 22.6 Å². The number of carbonyl (C=O) groups is 3. The third-order valence-electron chi connectivity index (χ3n) is 4.33. The van der Waals surface area contributed by atoms with Crippen molar-refractivity contribution in [2.45, 2.75) is 19.9 Å². The van der Waals surface area contributed by atoms with Gasteiger partial charge in [0, 0.05) is 57.4 Å². The average molecular weight is 402 g/mol. The zero-order valence-electron chi connectivity index (χ0n) is 15.6. The van der Waals surface area contributed by atoms with E-state index < -0.39 is 0 Å². The molecular formula is C18H22N6O3S. The summed E-state index contributed by atoms with van der Waals surface area (Å²) in [6, 6.07) is 3.46. The highest BCUT2D eigenvalue weighted by molar-refractivity contribution is 7.13. The Morgan fingerprint density at radius 2 is 1.93 bits per heavy atom. The number of pyridine rings is 1. The van der Waals surface area contributed by atoms with Crippen molar-refractivity contribution in [2.24, 2.45) is 0 Å². The van der Waals surface area contributed by atoms with Gasteiger partial charge >= 0.3 is 6.03 Å². The Hall–Kier alpha value is -3.01. The molecule has 0 unspecified atom stereocenters. The summed E-state index contributed by atoms with van der Waals surface area (Å²) in [7, 11) is 0. The third-order valence-corrected chi connectivity index (χ3v) is 5.14. The molecule has 0 saturated carbocycles. The quantitative estimate of drug-likeness (QED) is 0.779. The molecule has 2 aromatic heterocycles. The number of hydrogen-bond acceptors (Lipinski definition) is 6. The maximum absolute atomic E-state index is 12.3. The fourth-order valence-corrected chi connectivity index (χ4v) is 3.47. The molecule has 1 aliphatic rings. The lowest BCUT2D eigenvalue weighted by molar-refractivity contribution is -0.130. The van der Waals surface area contributed by atoms with Gasteiger partial charge in [-0.05, 0) is 11.6 Å². The van der Waals surface area contributed by atoms with Gasteiger partial charge in [0.25, 0.3) is 0 Å². The van der Waals surface area contributed by atoms with Crippen LogP contribution >= 0.6 is 11.3 Å². The van der Waals surface area contributed by atoms with Crippen LogP contribution in [0.5, 0.6) is 0 Å². The van der Waals surface area contributed by atoms with Gasteiger partial charge in [-0.2, -0.15) is 0 Å². The maximum Gasteiger partial charge on any atom is 0.323 e. The molecule has 0 atom stereocenters. The highest BCUT2D eigenvalue weighted by Crippen LogP contribution is 2.17. The SMILES string of the molecule is CC(=O)N1CCN(C(=O)Nc2nc(CC(=O)NCc3cccnc3)cs2)CC1. The highest BCUT2D eigenvalue weighted by atomic mass is 32.1. The largest absolute Gasteiger partial charge is 0.352 e. The number of rotatable bonds is 5. The van der Waals surface area contributed by atoms with E-state index in [1.807, 2.05) is 12.1 Å². The van der Waals surface area contributed by atoms with E-state index in [1.165, 1.54) is 18.3 Å². The lowest BCUT2D eigenvalue weighted by Crippen LogP contribution is -2.51. The van der Waals surface area contributed by atoms with E-state index >= 15 is 0 Å². The molecule has 1 aliphatic heterocycles. The second-order valence-electron chi connectivity index (χ2n) is 6.38. The van der Waals surface area contributed by atoms with Crippen LogP contribution in [0, 0.1) is 0 Å². The molecule has 2 aromatic rings. The predicted octanol–water partition coefficient (Wildman–Crippen LogP) is 1.09. The Kier molecular flexibility index (Phi) is 6.53. The molecule has 28 heavy (non-hydrogen) atoms. The van der Waals surface area contributed by atoms with E-state index in [2.05, 4.69) is 20.6 Å². The van der Waals surface area contributed by atoms with E-state index in [0.29, 0.717) is 43.5 Å². The molecule has 0 bridgehead atoms. The molecule has 3 heterocycles. The van der Waals surface area contributed by atoms with E-state index in [0.717, 1.165) is 5.56 Å². The van der Waals surface area contributed by atoms with Gasteiger partial charge in [-0.3, -0.25) is 19.9 Å².